The zero-order valence-electron chi connectivity index (χ0n) is 8.06. The summed E-state index contributed by atoms with van der Waals surface area (Å²) in [6, 6.07) is 1.73. The average Bonchev–Trinajstić information content (AvgIpc) is 1.99. The number of hydrogen-bond donors (Lipinski definition) is 2. The van der Waals surface area contributed by atoms with E-state index in [0.717, 1.165) is 21.2 Å². The molecule has 1 aromatic rings. The number of hydrogen-bond acceptors (Lipinski definition) is 2. The van der Waals surface area contributed by atoms with E-state index < -0.39 is 0 Å². The molecule has 3 heteroatoms. The fourth-order valence-electron chi connectivity index (χ4n) is 1.65. The lowest BCUT2D eigenvalue weighted by molar-refractivity contribution is 0.470. The van der Waals surface area contributed by atoms with Crippen molar-refractivity contribution in [3.63, 3.8) is 0 Å². The molecule has 0 radical (unpaired) electrons. The van der Waals surface area contributed by atoms with Gasteiger partial charge in [0.2, 0.25) is 0 Å². The molecule has 0 aliphatic heterocycles. The summed E-state index contributed by atoms with van der Waals surface area (Å²) in [4.78, 5) is 0. The third kappa shape index (κ3) is 1.86. The Hall–Kier alpha value is -0.540. The quantitative estimate of drug-likeness (QED) is 0.797. The smallest absolute Gasteiger partial charge is 0.130 e. The highest BCUT2D eigenvalue weighted by Crippen LogP contribution is 2.34. The Balaban J connectivity index is 3.44. The first kappa shape index (κ1) is 10.5. The van der Waals surface area contributed by atoms with Gasteiger partial charge in [0.15, 0.2) is 0 Å². The van der Waals surface area contributed by atoms with Crippen LogP contribution in [0.5, 0.6) is 5.75 Å². The van der Waals surface area contributed by atoms with Crippen LogP contribution in [0.4, 0.5) is 0 Å². The van der Waals surface area contributed by atoms with Crippen LogP contribution in [0.3, 0.4) is 0 Å². The third-order valence-electron chi connectivity index (χ3n) is 2.19. The molecule has 0 aliphatic rings. The summed E-state index contributed by atoms with van der Waals surface area (Å²) >= 11 is 3.33. The topological polar surface area (TPSA) is 46.2 Å². The number of phenolic OH excluding ortho intramolecular Hbond substituents is 1. The molecule has 2 nitrogen and oxygen atoms in total. The second kappa shape index (κ2) is 3.68. The van der Waals surface area contributed by atoms with Gasteiger partial charge >= 0.3 is 0 Å². The van der Waals surface area contributed by atoms with Crippen LogP contribution in [-0.4, -0.2) is 5.11 Å². The van der Waals surface area contributed by atoms with Crippen molar-refractivity contribution in [2.45, 2.75) is 26.8 Å². The van der Waals surface area contributed by atoms with E-state index >= 15 is 0 Å². The summed E-state index contributed by atoms with van der Waals surface area (Å²) in [7, 11) is 0. The van der Waals surface area contributed by atoms with Crippen molar-refractivity contribution < 1.29 is 5.11 Å². The molecule has 1 atom stereocenters. The summed E-state index contributed by atoms with van der Waals surface area (Å²) in [6.07, 6.45) is 0. The van der Waals surface area contributed by atoms with Crippen LogP contribution in [0, 0.1) is 13.8 Å². The van der Waals surface area contributed by atoms with E-state index in [1.54, 1.807) is 6.07 Å². The monoisotopic (exact) mass is 243 g/mol. The molecule has 3 N–H and O–H groups in total. The number of halogens is 1. The highest BCUT2D eigenvalue weighted by atomic mass is 79.9. The summed E-state index contributed by atoms with van der Waals surface area (Å²) in [6.45, 7) is 5.85. The van der Waals surface area contributed by atoms with E-state index in [-0.39, 0.29) is 11.8 Å². The third-order valence-corrected chi connectivity index (χ3v) is 3.19. The number of aromatic hydroxyl groups is 1. The zero-order valence-corrected chi connectivity index (χ0v) is 9.64. The van der Waals surface area contributed by atoms with E-state index in [2.05, 4.69) is 15.9 Å². The normalized spacial score (nSPS) is 13.0. The molecule has 1 aromatic carbocycles. The van der Waals surface area contributed by atoms with Crippen molar-refractivity contribution in [1.29, 1.82) is 0 Å². The van der Waals surface area contributed by atoms with E-state index in [0.29, 0.717) is 0 Å². The number of nitrogens with two attached hydrogens (primary N) is 1. The van der Waals surface area contributed by atoms with Gasteiger partial charge in [0, 0.05) is 6.04 Å². The van der Waals surface area contributed by atoms with Gasteiger partial charge in [-0.15, -0.1) is 0 Å². The second-order valence-corrected chi connectivity index (χ2v) is 4.15. The highest BCUT2D eigenvalue weighted by Gasteiger charge is 2.13. The van der Waals surface area contributed by atoms with Crippen LogP contribution in [-0.2, 0) is 0 Å². The molecule has 0 amide bonds. The van der Waals surface area contributed by atoms with Crippen LogP contribution in [0.2, 0.25) is 0 Å². The van der Waals surface area contributed by atoms with Crippen LogP contribution >= 0.6 is 15.9 Å². The first-order valence-corrected chi connectivity index (χ1v) is 4.98. The molecule has 0 saturated heterocycles. The molecule has 0 fully saturated rings. The first-order chi connectivity index (χ1) is 5.95. The molecule has 13 heavy (non-hydrogen) atoms. The summed E-state index contributed by atoms with van der Waals surface area (Å²) in [5, 5.41) is 9.50. The van der Waals surface area contributed by atoms with Crippen LogP contribution < -0.4 is 5.73 Å². The average molecular weight is 244 g/mol. The zero-order chi connectivity index (χ0) is 10.2. The van der Waals surface area contributed by atoms with Crippen molar-refractivity contribution in [3.8, 4) is 5.75 Å². The Bertz CT molecular complexity index is 334. The summed E-state index contributed by atoms with van der Waals surface area (Å²) < 4.78 is 0.741. The summed E-state index contributed by atoms with van der Waals surface area (Å²) in [5.41, 5.74) is 8.99. The number of rotatable bonds is 1. The predicted molar refractivity (Wildman–Crippen MR) is 57.9 cm³/mol. The van der Waals surface area contributed by atoms with Crippen LogP contribution in [0.15, 0.2) is 10.5 Å². The SMILES string of the molecule is Cc1cc(O)c(Br)c(C)c1C(C)N. The fourth-order valence-corrected chi connectivity index (χ4v) is 1.98. The van der Waals surface area contributed by atoms with E-state index in [1.165, 1.54) is 0 Å². The second-order valence-electron chi connectivity index (χ2n) is 3.35. The van der Waals surface area contributed by atoms with Gasteiger partial charge in [-0.05, 0) is 59.5 Å². The van der Waals surface area contributed by atoms with Gasteiger partial charge in [-0.3, -0.25) is 0 Å². The van der Waals surface area contributed by atoms with Gasteiger partial charge in [-0.25, -0.2) is 0 Å². The minimum Gasteiger partial charge on any atom is -0.507 e. The lowest BCUT2D eigenvalue weighted by atomic mass is 9.97. The number of aryl methyl sites for hydroxylation is 1. The standard InChI is InChI=1S/C10H14BrNO/c1-5-4-8(13)10(11)6(2)9(5)7(3)12/h4,7,13H,12H2,1-3H3. The van der Waals surface area contributed by atoms with E-state index in [9.17, 15) is 5.11 Å². The molecular weight excluding hydrogens is 230 g/mol. The van der Waals surface area contributed by atoms with Crippen molar-refractivity contribution in [2.24, 2.45) is 5.73 Å². The van der Waals surface area contributed by atoms with Crippen molar-refractivity contribution in [1.82, 2.24) is 0 Å². The molecular formula is C10H14BrNO. The number of phenols is 1. The van der Waals surface area contributed by atoms with Crippen molar-refractivity contribution in [3.05, 3.63) is 27.2 Å². The molecule has 0 heterocycles. The molecule has 0 saturated carbocycles. The predicted octanol–water partition coefficient (Wildman–Crippen LogP) is 2.79. The first-order valence-electron chi connectivity index (χ1n) is 4.19. The molecule has 1 unspecified atom stereocenters. The van der Waals surface area contributed by atoms with Gasteiger partial charge in [0.25, 0.3) is 0 Å². The Morgan fingerprint density at radius 3 is 2.46 bits per heavy atom. The molecule has 0 aromatic heterocycles. The van der Waals surface area contributed by atoms with Crippen LogP contribution in [0.25, 0.3) is 0 Å². The Morgan fingerprint density at radius 1 is 1.46 bits per heavy atom. The van der Waals surface area contributed by atoms with Gasteiger partial charge < -0.3 is 10.8 Å². The molecule has 72 valence electrons. The fraction of sp³-hybridized carbons (Fsp3) is 0.400. The number of benzene rings is 1. The molecule has 0 aliphatic carbocycles. The molecule has 1 rings (SSSR count). The molecule has 0 bridgehead atoms. The van der Waals surface area contributed by atoms with Crippen molar-refractivity contribution >= 4 is 15.9 Å². The van der Waals surface area contributed by atoms with Crippen LogP contribution in [0.1, 0.15) is 29.7 Å². The van der Waals surface area contributed by atoms with E-state index in [1.807, 2.05) is 20.8 Å². The van der Waals surface area contributed by atoms with Gasteiger partial charge in [0.05, 0.1) is 4.47 Å². The van der Waals surface area contributed by atoms with Gasteiger partial charge in [-0.1, -0.05) is 0 Å². The summed E-state index contributed by atoms with van der Waals surface area (Å²) in [5.74, 6) is 0.277. The van der Waals surface area contributed by atoms with Crippen molar-refractivity contribution in [2.75, 3.05) is 0 Å². The van der Waals surface area contributed by atoms with E-state index in [4.69, 9.17) is 5.73 Å². The Labute approximate surface area is 86.9 Å². The van der Waals surface area contributed by atoms with Gasteiger partial charge in [-0.2, -0.15) is 0 Å². The Kier molecular flexibility index (Phi) is 2.98. The highest BCUT2D eigenvalue weighted by molar-refractivity contribution is 9.10. The minimum absolute atomic E-state index is 0.00287. The lowest BCUT2D eigenvalue weighted by Crippen LogP contribution is -2.09. The molecule has 0 spiro atoms. The maximum atomic E-state index is 9.50. The Morgan fingerprint density at radius 2 is 2.00 bits per heavy atom. The maximum Gasteiger partial charge on any atom is 0.130 e. The minimum atomic E-state index is -0.00287. The largest absolute Gasteiger partial charge is 0.507 e. The lowest BCUT2D eigenvalue weighted by Gasteiger charge is -2.15. The van der Waals surface area contributed by atoms with Gasteiger partial charge in [0.1, 0.15) is 5.75 Å². The maximum absolute atomic E-state index is 9.50.